The van der Waals surface area contributed by atoms with Gasteiger partial charge in [0.1, 0.15) is 15.2 Å². The summed E-state index contributed by atoms with van der Waals surface area (Å²) in [6.07, 6.45) is 0. The number of carbonyl (C=O) groups is 1. The number of amides is 1. The lowest BCUT2D eigenvalue weighted by molar-refractivity contribution is 0.103. The fourth-order valence-electron chi connectivity index (χ4n) is 2.58. The van der Waals surface area contributed by atoms with Crippen LogP contribution in [0.15, 0.2) is 40.5 Å². The highest BCUT2D eigenvalue weighted by Gasteiger charge is 2.18. The summed E-state index contributed by atoms with van der Waals surface area (Å²) >= 11 is 7.94. The van der Waals surface area contributed by atoms with Crippen molar-refractivity contribution >= 4 is 62.3 Å². The van der Waals surface area contributed by atoms with E-state index in [4.69, 9.17) is 12.2 Å². The van der Waals surface area contributed by atoms with E-state index >= 15 is 0 Å². The number of nitrogens with one attached hydrogen (secondary N) is 2. The van der Waals surface area contributed by atoms with Crippen LogP contribution < -0.4 is 10.9 Å². The maximum atomic E-state index is 12.7. The van der Waals surface area contributed by atoms with Crippen molar-refractivity contribution < 1.29 is 4.79 Å². The Hall–Kier alpha value is -2.29. The van der Waals surface area contributed by atoms with Crippen LogP contribution in [-0.4, -0.2) is 15.3 Å². The molecule has 0 fully saturated rings. The summed E-state index contributed by atoms with van der Waals surface area (Å²) in [7, 11) is 0. The summed E-state index contributed by atoms with van der Waals surface area (Å²) in [6.45, 7) is 1.96. The topological polar surface area (TPSA) is 66.4 Å². The Kier molecular flexibility index (Phi) is 3.60. The minimum atomic E-state index is -0.288. The van der Waals surface area contributed by atoms with Crippen molar-refractivity contribution in [2.24, 2.45) is 0 Å². The number of anilines is 1. The predicted molar refractivity (Wildman–Crippen MR) is 101 cm³/mol. The quantitative estimate of drug-likeness (QED) is 0.518. The molecule has 2 N–H and O–H groups in total. The number of aromatic amines is 1. The SMILES string of the molecule is Cc1cccc(NC(=O)c2sc(=S)n3c2[nH]c(=O)c2sccc23)c1. The highest BCUT2D eigenvalue weighted by atomic mass is 32.1. The minimum absolute atomic E-state index is 0.211. The number of fused-ring (bicyclic) bond motifs is 3. The number of carbonyl (C=O) groups excluding carboxylic acids is 1. The lowest BCUT2D eigenvalue weighted by atomic mass is 10.2. The largest absolute Gasteiger partial charge is 0.321 e. The lowest BCUT2D eigenvalue weighted by Crippen LogP contribution is -2.14. The van der Waals surface area contributed by atoms with Crippen molar-refractivity contribution in [1.29, 1.82) is 0 Å². The average Bonchev–Trinajstić information content (AvgIpc) is 3.12. The maximum absolute atomic E-state index is 12.7. The molecule has 0 spiro atoms. The normalized spacial score (nSPS) is 11.2. The number of H-pyrrole nitrogens is 1. The molecule has 1 aromatic carbocycles. The van der Waals surface area contributed by atoms with E-state index < -0.39 is 0 Å². The summed E-state index contributed by atoms with van der Waals surface area (Å²) in [5.41, 5.74) is 2.71. The van der Waals surface area contributed by atoms with Crippen LogP contribution in [-0.2, 0) is 0 Å². The van der Waals surface area contributed by atoms with Gasteiger partial charge in [-0.3, -0.25) is 14.0 Å². The maximum Gasteiger partial charge on any atom is 0.269 e. The summed E-state index contributed by atoms with van der Waals surface area (Å²) in [6, 6.07) is 9.38. The molecule has 0 aliphatic carbocycles. The number of hydrogen-bond acceptors (Lipinski definition) is 5. The Labute approximate surface area is 149 Å². The summed E-state index contributed by atoms with van der Waals surface area (Å²) < 4.78 is 2.87. The lowest BCUT2D eigenvalue weighted by Gasteiger charge is -2.05. The molecule has 0 aliphatic heterocycles. The van der Waals surface area contributed by atoms with E-state index in [0.717, 1.165) is 11.1 Å². The van der Waals surface area contributed by atoms with Gasteiger partial charge in [-0.2, -0.15) is 0 Å². The van der Waals surface area contributed by atoms with Gasteiger partial charge in [0.05, 0.1) is 5.52 Å². The van der Waals surface area contributed by atoms with E-state index in [0.29, 0.717) is 24.9 Å². The average molecular weight is 373 g/mol. The van der Waals surface area contributed by atoms with E-state index in [1.165, 1.54) is 22.7 Å². The Morgan fingerprint density at radius 2 is 2.17 bits per heavy atom. The third-order valence-corrected chi connectivity index (χ3v) is 5.89. The molecule has 8 heteroatoms. The number of thiazole rings is 1. The monoisotopic (exact) mass is 373 g/mol. The molecule has 0 atom stereocenters. The van der Waals surface area contributed by atoms with Gasteiger partial charge in [-0.05, 0) is 48.3 Å². The summed E-state index contributed by atoms with van der Waals surface area (Å²) in [5.74, 6) is -0.288. The second-order valence-corrected chi connectivity index (χ2v) is 7.85. The Morgan fingerprint density at radius 3 is 2.96 bits per heavy atom. The minimum Gasteiger partial charge on any atom is -0.321 e. The van der Waals surface area contributed by atoms with Gasteiger partial charge < -0.3 is 10.3 Å². The fraction of sp³-hybridized carbons (Fsp3) is 0.0625. The Balaban J connectivity index is 1.88. The van der Waals surface area contributed by atoms with Gasteiger partial charge in [-0.1, -0.05) is 23.5 Å². The molecule has 0 unspecified atom stereocenters. The Bertz CT molecular complexity index is 1210. The number of benzene rings is 1. The molecule has 24 heavy (non-hydrogen) atoms. The zero-order valence-electron chi connectivity index (χ0n) is 12.5. The predicted octanol–water partition coefficient (Wildman–Crippen LogP) is 4.19. The van der Waals surface area contributed by atoms with Gasteiger partial charge in [0.25, 0.3) is 11.5 Å². The van der Waals surface area contributed by atoms with Gasteiger partial charge in [-0.25, -0.2) is 0 Å². The molecule has 4 aromatic rings. The van der Waals surface area contributed by atoms with Crippen molar-refractivity contribution in [3.8, 4) is 0 Å². The molecular formula is C16H11N3O2S3. The van der Waals surface area contributed by atoms with Crippen molar-refractivity contribution in [2.45, 2.75) is 6.92 Å². The van der Waals surface area contributed by atoms with Crippen LogP contribution in [0.1, 0.15) is 15.2 Å². The van der Waals surface area contributed by atoms with Crippen molar-refractivity contribution in [1.82, 2.24) is 9.38 Å². The smallest absolute Gasteiger partial charge is 0.269 e. The molecule has 0 saturated heterocycles. The first-order chi connectivity index (χ1) is 11.5. The van der Waals surface area contributed by atoms with E-state index in [1.807, 2.05) is 42.6 Å². The van der Waals surface area contributed by atoms with Crippen molar-refractivity contribution in [3.05, 3.63) is 60.5 Å². The highest BCUT2D eigenvalue weighted by Crippen LogP contribution is 2.25. The zero-order valence-corrected chi connectivity index (χ0v) is 14.9. The van der Waals surface area contributed by atoms with Crippen LogP contribution in [0.3, 0.4) is 0 Å². The molecule has 1 amide bonds. The van der Waals surface area contributed by atoms with E-state index in [2.05, 4.69) is 10.3 Å². The van der Waals surface area contributed by atoms with Crippen LogP contribution in [0.2, 0.25) is 0 Å². The highest BCUT2D eigenvalue weighted by molar-refractivity contribution is 7.73. The third kappa shape index (κ3) is 2.39. The second kappa shape index (κ2) is 5.66. The standard InChI is InChI=1S/C16H11N3O2S3/c1-8-3-2-4-9(7-8)17-15(21)12-13-18-14(20)11-10(5-6-23-11)19(13)16(22)24-12/h2-7H,1H3,(H,17,21)(H,18,20). The molecule has 0 aliphatic rings. The van der Waals surface area contributed by atoms with Gasteiger partial charge in [0, 0.05) is 5.69 Å². The fourth-order valence-corrected chi connectivity index (χ4v) is 4.63. The van der Waals surface area contributed by atoms with Gasteiger partial charge in [-0.15, -0.1) is 11.3 Å². The summed E-state index contributed by atoms with van der Waals surface area (Å²) in [4.78, 5) is 28.1. The molecular weight excluding hydrogens is 362 g/mol. The van der Waals surface area contributed by atoms with Gasteiger partial charge >= 0.3 is 0 Å². The molecule has 0 bridgehead atoms. The van der Waals surface area contributed by atoms with Crippen molar-refractivity contribution in [3.63, 3.8) is 0 Å². The van der Waals surface area contributed by atoms with Crippen LogP contribution in [0.5, 0.6) is 0 Å². The van der Waals surface area contributed by atoms with Crippen molar-refractivity contribution in [2.75, 3.05) is 5.32 Å². The molecule has 0 saturated carbocycles. The van der Waals surface area contributed by atoms with Crippen LogP contribution in [0.25, 0.3) is 15.9 Å². The van der Waals surface area contributed by atoms with Crippen LogP contribution in [0, 0.1) is 10.9 Å². The first-order valence-corrected chi connectivity index (χ1v) is 9.18. The Morgan fingerprint density at radius 1 is 1.33 bits per heavy atom. The van der Waals surface area contributed by atoms with E-state index in [9.17, 15) is 9.59 Å². The molecule has 4 rings (SSSR count). The van der Waals surface area contributed by atoms with E-state index in [-0.39, 0.29) is 11.5 Å². The van der Waals surface area contributed by atoms with Crippen LogP contribution in [0.4, 0.5) is 5.69 Å². The first-order valence-electron chi connectivity index (χ1n) is 7.07. The number of aromatic nitrogens is 2. The zero-order chi connectivity index (χ0) is 16.8. The molecule has 120 valence electrons. The molecule has 3 aromatic heterocycles. The van der Waals surface area contributed by atoms with Gasteiger partial charge in [0.15, 0.2) is 3.95 Å². The number of hydrogen-bond donors (Lipinski definition) is 2. The molecule has 3 heterocycles. The number of nitrogens with zero attached hydrogens (tertiary/aromatic N) is 1. The van der Waals surface area contributed by atoms with E-state index in [1.54, 1.807) is 4.40 Å². The van der Waals surface area contributed by atoms with Gasteiger partial charge in [0.2, 0.25) is 0 Å². The number of rotatable bonds is 2. The summed E-state index contributed by atoms with van der Waals surface area (Å²) in [5, 5.41) is 4.70. The number of aryl methyl sites for hydroxylation is 1. The number of thiophene rings is 1. The second-order valence-electron chi connectivity index (χ2n) is 5.29. The third-order valence-electron chi connectivity index (χ3n) is 3.62. The first kappa shape index (κ1) is 15.3. The molecule has 0 radical (unpaired) electrons. The van der Waals surface area contributed by atoms with Crippen LogP contribution >= 0.6 is 34.9 Å². The molecule has 5 nitrogen and oxygen atoms in total.